The van der Waals surface area contributed by atoms with Crippen molar-refractivity contribution in [2.75, 3.05) is 19.8 Å². The lowest BCUT2D eigenvalue weighted by Crippen LogP contribution is -2.66. The van der Waals surface area contributed by atoms with Crippen molar-refractivity contribution in [3.63, 3.8) is 0 Å². The number of carbonyl (C=O) groups is 6. The van der Waals surface area contributed by atoms with Crippen LogP contribution in [0.25, 0.3) is 0 Å². The van der Waals surface area contributed by atoms with E-state index in [1.165, 1.54) is 180 Å². The predicted molar refractivity (Wildman–Crippen MR) is 484 cm³/mol. The number of esters is 4. The van der Waals surface area contributed by atoms with Crippen molar-refractivity contribution in [3.05, 3.63) is 0 Å². The zero-order valence-corrected chi connectivity index (χ0v) is 79.0. The molecule has 24 heteroatoms. The molecule has 0 bridgehead atoms. The molecule has 7 unspecified atom stereocenters. The maximum atomic E-state index is 15.0. The monoisotopic (exact) mass is 1750 g/mol. The van der Waals surface area contributed by atoms with Gasteiger partial charge in [0.05, 0.1) is 45.2 Å². The van der Waals surface area contributed by atoms with Crippen molar-refractivity contribution >= 4 is 43.5 Å². The minimum atomic E-state index is -5.58. The molecule has 121 heavy (non-hydrogen) atoms. The molecular weight excluding hydrogens is 1560 g/mol. The van der Waals surface area contributed by atoms with Gasteiger partial charge in [-0.25, -0.2) is 4.57 Å². The van der Waals surface area contributed by atoms with Crippen molar-refractivity contribution in [1.82, 2.24) is 10.6 Å². The third kappa shape index (κ3) is 67.6. The van der Waals surface area contributed by atoms with Crippen molar-refractivity contribution < 1.29 is 101 Å². The highest BCUT2D eigenvalue weighted by molar-refractivity contribution is 7.46. The Bertz CT molecular complexity index is 2480. The van der Waals surface area contributed by atoms with E-state index in [9.17, 15) is 58.8 Å². The van der Waals surface area contributed by atoms with Crippen molar-refractivity contribution in [3.8, 4) is 0 Å². The number of phosphoric ester groups is 1. The fourth-order valence-corrected chi connectivity index (χ4v) is 16.8. The van der Waals surface area contributed by atoms with E-state index in [1.54, 1.807) is 0 Å². The van der Waals surface area contributed by atoms with Crippen LogP contribution in [0.15, 0.2) is 0 Å². The molecule has 0 aromatic carbocycles. The average Bonchev–Trinajstić information content (AvgIpc) is 0.778. The highest BCUT2D eigenvalue weighted by atomic mass is 31.2. The van der Waals surface area contributed by atoms with Gasteiger partial charge in [0.25, 0.3) is 0 Å². The van der Waals surface area contributed by atoms with Gasteiger partial charge in [-0.3, -0.25) is 33.3 Å². The number of aliphatic hydroxyl groups is 4. The average molecular weight is 1750 g/mol. The van der Waals surface area contributed by atoms with Crippen molar-refractivity contribution in [2.45, 2.75) is 565 Å². The van der Waals surface area contributed by atoms with Gasteiger partial charge in [0.1, 0.15) is 48.7 Å². The zero-order valence-electron chi connectivity index (χ0n) is 78.1. The Kier molecular flexibility index (Phi) is 77.6. The van der Waals surface area contributed by atoms with E-state index >= 15 is 4.79 Å². The standard InChI is InChI=1S/C97H185N2O21P/c1-8-14-20-26-32-38-41-47-53-59-65-71-89(105)114-81(68-62-56-50-44-35-29-23-17-11-4)74-87(103)98-84(77-100)96(109)117-86(80(7)102)79-113-97-93(99-88(104)75-82(69-63-57-51-45-36-30-24-18-12-5)115-90(106)72-66-60-54-48-42-39-33-27-21-15-9-2)95(94(85(78-101)118-97)120-121(110,111)112)119-92(108)76-83(70-64-58-52-46-37-31-25-19-13-6)116-91(107)73-67-61-55-49-43-40-34-28-22-16-10-3/h80-86,93-97,100-102,109H,8-79H2,1-7H3,(H,98,103)(H,99,104)(H2,110,111,112)/t80-,81+,82+,83+,84-,85?,86?,93?,94?,95?,96?,97?/m0/s1. The molecule has 1 heterocycles. The summed E-state index contributed by atoms with van der Waals surface area (Å²) in [6, 6.07) is -3.26. The van der Waals surface area contributed by atoms with E-state index in [0.29, 0.717) is 51.4 Å². The van der Waals surface area contributed by atoms with E-state index in [-0.39, 0.29) is 32.1 Å². The van der Waals surface area contributed by atoms with Gasteiger partial charge in [0, 0.05) is 19.3 Å². The summed E-state index contributed by atoms with van der Waals surface area (Å²) in [5.41, 5.74) is 0. The minimum Gasteiger partial charge on any atom is -0.462 e. The van der Waals surface area contributed by atoms with Gasteiger partial charge >= 0.3 is 31.7 Å². The number of phosphoric acid groups is 1. The first-order valence-corrected chi connectivity index (χ1v) is 51.8. The highest BCUT2D eigenvalue weighted by Crippen LogP contribution is 2.43. The van der Waals surface area contributed by atoms with E-state index < -0.39 is 150 Å². The van der Waals surface area contributed by atoms with Crippen LogP contribution >= 0.6 is 7.82 Å². The van der Waals surface area contributed by atoms with Crippen LogP contribution in [0, 0.1) is 0 Å². The molecule has 0 radical (unpaired) electrons. The largest absolute Gasteiger partial charge is 0.470 e. The lowest BCUT2D eigenvalue weighted by Gasteiger charge is -2.45. The Hall–Kier alpha value is -3.35. The number of nitrogens with one attached hydrogen (secondary N) is 2. The Morgan fingerprint density at radius 1 is 0.380 bits per heavy atom. The first kappa shape index (κ1) is 116. The van der Waals surface area contributed by atoms with Gasteiger partial charge in [0.15, 0.2) is 18.7 Å². The summed E-state index contributed by atoms with van der Waals surface area (Å²) < 4.78 is 61.7. The van der Waals surface area contributed by atoms with Crippen LogP contribution in [-0.4, -0.2) is 159 Å². The molecule has 1 rings (SSSR count). The molecule has 2 amide bonds. The maximum Gasteiger partial charge on any atom is 0.470 e. The highest BCUT2D eigenvalue weighted by Gasteiger charge is 2.53. The summed E-state index contributed by atoms with van der Waals surface area (Å²) in [6.07, 6.45) is 49.2. The number of aliphatic hydroxyl groups excluding tert-OH is 4. The second kappa shape index (κ2) is 81.2. The molecule has 0 aliphatic carbocycles. The first-order chi connectivity index (χ1) is 58.7. The molecule has 1 aliphatic rings. The Labute approximate surface area is 736 Å². The van der Waals surface area contributed by atoms with Gasteiger partial charge in [-0.15, -0.1) is 0 Å². The first-order valence-electron chi connectivity index (χ1n) is 50.3. The quantitative estimate of drug-likeness (QED) is 0.00922. The molecule has 1 fully saturated rings. The molecule has 0 spiro atoms. The summed E-state index contributed by atoms with van der Waals surface area (Å²) in [5.74, 6) is -3.79. The van der Waals surface area contributed by atoms with E-state index in [0.717, 1.165) is 173 Å². The lowest BCUT2D eigenvalue weighted by molar-refractivity contribution is -0.284. The molecule has 23 nitrogen and oxygen atoms in total. The minimum absolute atomic E-state index is 0.125. The van der Waals surface area contributed by atoms with Crippen LogP contribution in [0.2, 0.25) is 0 Å². The number of rotatable bonds is 89. The number of amides is 2. The summed E-state index contributed by atoms with van der Waals surface area (Å²) in [4.78, 5) is 106. The number of carbonyl (C=O) groups excluding carboxylic acids is 6. The van der Waals surface area contributed by atoms with Gasteiger partial charge < -0.3 is 74.0 Å². The van der Waals surface area contributed by atoms with E-state index in [1.807, 2.05) is 0 Å². The molecule has 0 saturated carbocycles. The predicted octanol–water partition coefficient (Wildman–Crippen LogP) is 22.9. The van der Waals surface area contributed by atoms with Gasteiger partial charge in [0.2, 0.25) is 11.8 Å². The Morgan fingerprint density at radius 3 is 0.959 bits per heavy atom. The Morgan fingerprint density at radius 2 is 0.669 bits per heavy atom. The van der Waals surface area contributed by atoms with Crippen LogP contribution in [0.3, 0.4) is 0 Å². The third-order valence-electron chi connectivity index (χ3n) is 23.8. The lowest BCUT2D eigenvalue weighted by atomic mass is 9.95. The second-order valence-corrected chi connectivity index (χ2v) is 36.7. The normalized spacial score (nSPS) is 17.3. The molecule has 8 N–H and O–H groups in total. The number of ether oxygens (including phenoxy) is 7. The third-order valence-corrected chi connectivity index (χ3v) is 24.3. The van der Waals surface area contributed by atoms with Crippen LogP contribution in [0.5, 0.6) is 0 Å². The van der Waals surface area contributed by atoms with E-state index in [4.69, 9.17) is 37.7 Å². The summed E-state index contributed by atoms with van der Waals surface area (Å²) >= 11 is 0. The van der Waals surface area contributed by atoms with Crippen molar-refractivity contribution in [2.24, 2.45) is 0 Å². The summed E-state index contributed by atoms with van der Waals surface area (Å²) in [5, 5.41) is 50.5. The van der Waals surface area contributed by atoms with Crippen LogP contribution in [-0.2, 0) is 71.0 Å². The van der Waals surface area contributed by atoms with Gasteiger partial charge in [-0.05, 0) is 64.7 Å². The topological polar surface area (TPSA) is 339 Å². The molecule has 0 aromatic heterocycles. The van der Waals surface area contributed by atoms with Crippen LogP contribution < -0.4 is 10.6 Å². The number of unbranched alkanes of at least 4 members (excludes halogenated alkanes) is 54. The fraction of sp³-hybridized carbons (Fsp3) is 0.938. The number of hydrogen-bond acceptors (Lipinski definition) is 19. The van der Waals surface area contributed by atoms with Crippen molar-refractivity contribution in [1.29, 1.82) is 0 Å². The molecule has 714 valence electrons. The molecular formula is C97H185N2O21P. The molecule has 1 aliphatic heterocycles. The number of hydrogen-bond donors (Lipinski definition) is 8. The zero-order chi connectivity index (χ0) is 88.9. The van der Waals surface area contributed by atoms with E-state index in [2.05, 4.69) is 52.2 Å². The summed E-state index contributed by atoms with van der Waals surface area (Å²) in [7, 11) is -5.58. The second-order valence-electron chi connectivity index (χ2n) is 35.5. The smallest absolute Gasteiger partial charge is 0.462 e. The fourth-order valence-electron chi connectivity index (χ4n) is 16.2. The van der Waals surface area contributed by atoms with Crippen LogP contribution in [0.1, 0.15) is 492 Å². The maximum absolute atomic E-state index is 15.0. The summed E-state index contributed by atoms with van der Waals surface area (Å²) in [6.45, 7) is 11.9. The van der Waals surface area contributed by atoms with Crippen LogP contribution in [0.4, 0.5) is 0 Å². The SMILES string of the molecule is CCCCCCCCCCCCCC(=O)O[C@H](CCCCCCCCCCC)CC(=O)NC1C(OCC(OC(O)[C@H](CO)NC(=O)C[C@@H](CCCCCCCCCCC)OC(=O)CCCCCCCCCCCCC)[C@H](C)O)OC(CO)C(OP(=O)(O)O)C1OC(=O)C[C@@H](CCCCCCCCCCC)OC(=O)CCCCCCCCCCCCC. The molecule has 0 aromatic rings. The van der Waals surface area contributed by atoms with Gasteiger partial charge in [-0.2, -0.15) is 0 Å². The van der Waals surface area contributed by atoms with Gasteiger partial charge in [-0.1, -0.05) is 388 Å². The Balaban J connectivity index is 3.83. The molecule has 12 atom stereocenters. The molecule has 1 saturated heterocycles.